The number of hydrogen-bond donors (Lipinski definition) is 0. The molecular weight excluding hydrogens is 308 g/mol. The maximum atomic E-state index is 12.7. The second-order valence-corrected chi connectivity index (χ2v) is 6.41. The Morgan fingerprint density at radius 2 is 2.16 bits per heavy atom. The molecule has 2 atom stereocenters. The first-order chi connectivity index (χ1) is 8.90. The van der Waals surface area contributed by atoms with Crippen LogP contribution in [0.25, 0.3) is 0 Å². The molecule has 2 unspecified atom stereocenters. The standard InChI is InChI=1S/C14H21BrN2O2/c1-9(2)16-7-12(15)5-13(16)14(18)17-6-11(4)19-8-10(17)3/h5,7,9-11H,6,8H2,1-4H3. The van der Waals surface area contributed by atoms with Crippen molar-refractivity contribution in [1.82, 2.24) is 9.47 Å². The molecule has 1 amide bonds. The topological polar surface area (TPSA) is 34.5 Å². The second-order valence-electron chi connectivity index (χ2n) is 5.50. The number of nitrogens with zero attached hydrogens (tertiary/aromatic N) is 2. The minimum absolute atomic E-state index is 0.0852. The summed E-state index contributed by atoms with van der Waals surface area (Å²) in [6.07, 6.45) is 2.07. The molecule has 19 heavy (non-hydrogen) atoms. The largest absolute Gasteiger partial charge is 0.375 e. The van der Waals surface area contributed by atoms with E-state index in [-0.39, 0.29) is 24.1 Å². The Labute approximate surface area is 122 Å². The Morgan fingerprint density at radius 1 is 1.47 bits per heavy atom. The van der Waals surface area contributed by atoms with Crippen LogP contribution in [-0.4, -0.2) is 40.7 Å². The first-order valence-electron chi connectivity index (χ1n) is 6.70. The average Bonchev–Trinajstić information content (AvgIpc) is 2.74. The Bertz CT molecular complexity index is 470. The summed E-state index contributed by atoms with van der Waals surface area (Å²) in [5, 5.41) is 0. The maximum Gasteiger partial charge on any atom is 0.270 e. The van der Waals surface area contributed by atoms with E-state index in [0.29, 0.717) is 13.2 Å². The molecule has 0 N–H and O–H groups in total. The summed E-state index contributed by atoms with van der Waals surface area (Å²) in [4.78, 5) is 14.6. The number of ether oxygens (including phenoxy) is 1. The van der Waals surface area contributed by atoms with Gasteiger partial charge in [-0.1, -0.05) is 0 Å². The van der Waals surface area contributed by atoms with Crippen LogP contribution >= 0.6 is 15.9 Å². The van der Waals surface area contributed by atoms with Crippen molar-refractivity contribution in [1.29, 1.82) is 0 Å². The van der Waals surface area contributed by atoms with Gasteiger partial charge in [0.25, 0.3) is 5.91 Å². The molecule has 1 aromatic heterocycles. The fourth-order valence-electron chi connectivity index (χ4n) is 2.38. The number of amides is 1. The third-order valence-electron chi connectivity index (χ3n) is 3.46. The minimum atomic E-state index is 0.0852. The Morgan fingerprint density at radius 3 is 2.79 bits per heavy atom. The highest BCUT2D eigenvalue weighted by Crippen LogP contribution is 2.23. The summed E-state index contributed by atoms with van der Waals surface area (Å²) in [5.41, 5.74) is 0.739. The average molecular weight is 329 g/mol. The van der Waals surface area contributed by atoms with Crippen molar-refractivity contribution in [3.05, 3.63) is 22.4 Å². The molecule has 2 heterocycles. The Hall–Kier alpha value is -0.810. The molecule has 2 rings (SSSR count). The van der Waals surface area contributed by atoms with Crippen molar-refractivity contribution in [3.63, 3.8) is 0 Å². The molecule has 1 saturated heterocycles. The zero-order valence-electron chi connectivity index (χ0n) is 11.9. The number of carbonyl (C=O) groups is 1. The summed E-state index contributed by atoms with van der Waals surface area (Å²) < 4.78 is 8.54. The van der Waals surface area contributed by atoms with Crippen LogP contribution in [0, 0.1) is 0 Å². The number of aromatic nitrogens is 1. The number of carbonyl (C=O) groups excluding carboxylic acids is 1. The SMILES string of the molecule is CC1CN(C(=O)c2cc(Br)cn2C(C)C)C(C)CO1. The molecule has 0 radical (unpaired) electrons. The van der Waals surface area contributed by atoms with E-state index in [1.807, 2.05) is 35.6 Å². The minimum Gasteiger partial charge on any atom is -0.375 e. The van der Waals surface area contributed by atoms with E-state index in [2.05, 4.69) is 29.8 Å². The van der Waals surface area contributed by atoms with E-state index in [0.717, 1.165) is 10.2 Å². The smallest absolute Gasteiger partial charge is 0.270 e. The van der Waals surface area contributed by atoms with Crippen LogP contribution in [0.1, 0.15) is 44.2 Å². The zero-order valence-corrected chi connectivity index (χ0v) is 13.5. The molecular formula is C14H21BrN2O2. The number of rotatable bonds is 2. The summed E-state index contributed by atoms with van der Waals surface area (Å²) in [5.74, 6) is 0.0852. The van der Waals surface area contributed by atoms with Crippen LogP contribution in [0.15, 0.2) is 16.7 Å². The lowest BCUT2D eigenvalue weighted by atomic mass is 10.2. The zero-order chi connectivity index (χ0) is 14.2. The molecule has 0 spiro atoms. The normalized spacial score (nSPS) is 24.0. The van der Waals surface area contributed by atoms with Gasteiger partial charge in [-0.2, -0.15) is 0 Å². The second kappa shape index (κ2) is 5.67. The van der Waals surface area contributed by atoms with E-state index >= 15 is 0 Å². The number of hydrogen-bond acceptors (Lipinski definition) is 2. The van der Waals surface area contributed by atoms with Gasteiger partial charge >= 0.3 is 0 Å². The fourth-order valence-corrected chi connectivity index (χ4v) is 2.82. The highest BCUT2D eigenvalue weighted by atomic mass is 79.9. The van der Waals surface area contributed by atoms with Gasteiger partial charge in [0, 0.05) is 23.3 Å². The molecule has 0 aromatic carbocycles. The van der Waals surface area contributed by atoms with E-state index in [4.69, 9.17) is 4.74 Å². The van der Waals surface area contributed by atoms with Crippen LogP contribution in [0.2, 0.25) is 0 Å². The molecule has 0 bridgehead atoms. The van der Waals surface area contributed by atoms with E-state index in [1.165, 1.54) is 0 Å². The third kappa shape index (κ3) is 3.03. The molecule has 1 fully saturated rings. The van der Waals surface area contributed by atoms with Gasteiger partial charge in [-0.3, -0.25) is 4.79 Å². The van der Waals surface area contributed by atoms with Crippen molar-refractivity contribution in [2.75, 3.05) is 13.2 Å². The Kier molecular flexibility index (Phi) is 4.36. The predicted molar refractivity (Wildman–Crippen MR) is 78.4 cm³/mol. The van der Waals surface area contributed by atoms with Crippen LogP contribution in [-0.2, 0) is 4.74 Å². The van der Waals surface area contributed by atoms with Crippen molar-refractivity contribution >= 4 is 21.8 Å². The molecule has 4 nitrogen and oxygen atoms in total. The quantitative estimate of drug-likeness (QED) is 0.836. The van der Waals surface area contributed by atoms with Crippen LogP contribution < -0.4 is 0 Å². The molecule has 0 saturated carbocycles. The van der Waals surface area contributed by atoms with Crippen molar-refractivity contribution in [2.45, 2.75) is 45.9 Å². The fraction of sp³-hybridized carbons (Fsp3) is 0.643. The summed E-state index contributed by atoms with van der Waals surface area (Å²) in [6.45, 7) is 9.45. The lowest BCUT2D eigenvalue weighted by molar-refractivity contribution is -0.0390. The molecule has 1 aliphatic rings. The van der Waals surface area contributed by atoms with Crippen LogP contribution in [0.5, 0.6) is 0 Å². The molecule has 1 aromatic rings. The summed E-state index contributed by atoms with van der Waals surface area (Å²) in [6, 6.07) is 2.28. The van der Waals surface area contributed by atoms with Gasteiger partial charge in [-0.25, -0.2) is 0 Å². The first-order valence-corrected chi connectivity index (χ1v) is 7.49. The highest BCUT2D eigenvalue weighted by molar-refractivity contribution is 9.10. The molecule has 1 aliphatic heterocycles. The Balaban J connectivity index is 2.28. The molecule has 5 heteroatoms. The van der Waals surface area contributed by atoms with Gasteiger partial charge in [0.1, 0.15) is 5.69 Å². The van der Waals surface area contributed by atoms with E-state index < -0.39 is 0 Å². The monoisotopic (exact) mass is 328 g/mol. The molecule has 0 aliphatic carbocycles. The lowest BCUT2D eigenvalue weighted by Crippen LogP contribution is -2.50. The molecule has 106 valence electrons. The van der Waals surface area contributed by atoms with Crippen molar-refractivity contribution in [3.8, 4) is 0 Å². The van der Waals surface area contributed by atoms with Crippen LogP contribution in [0.3, 0.4) is 0 Å². The first kappa shape index (κ1) is 14.6. The van der Waals surface area contributed by atoms with Gasteiger partial charge in [-0.15, -0.1) is 0 Å². The van der Waals surface area contributed by atoms with E-state index in [1.54, 1.807) is 0 Å². The predicted octanol–water partition coefficient (Wildman–Crippen LogP) is 3.08. The lowest BCUT2D eigenvalue weighted by Gasteiger charge is -2.37. The highest BCUT2D eigenvalue weighted by Gasteiger charge is 2.30. The summed E-state index contributed by atoms with van der Waals surface area (Å²) in [7, 11) is 0. The van der Waals surface area contributed by atoms with Gasteiger partial charge < -0.3 is 14.2 Å². The van der Waals surface area contributed by atoms with Crippen molar-refractivity contribution in [2.24, 2.45) is 0 Å². The number of halogens is 1. The van der Waals surface area contributed by atoms with Gasteiger partial charge in [-0.05, 0) is 49.7 Å². The maximum absolute atomic E-state index is 12.7. The van der Waals surface area contributed by atoms with E-state index in [9.17, 15) is 4.79 Å². The van der Waals surface area contributed by atoms with Gasteiger partial charge in [0.15, 0.2) is 0 Å². The van der Waals surface area contributed by atoms with Crippen molar-refractivity contribution < 1.29 is 9.53 Å². The summed E-state index contributed by atoms with van der Waals surface area (Å²) >= 11 is 3.45. The van der Waals surface area contributed by atoms with Gasteiger partial charge in [0.2, 0.25) is 0 Å². The number of morpholine rings is 1. The third-order valence-corrected chi connectivity index (χ3v) is 3.89. The van der Waals surface area contributed by atoms with Crippen LogP contribution in [0.4, 0.5) is 0 Å². The van der Waals surface area contributed by atoms with Gasteiger partial charge in [0.05, 0.1) is 18.8 Å².